The summed E-state index contributed by atoms with van der Waals surface area (Å²) in [6.45, 7) is 0.963. The minimum absolute atomic E-state index is 0.214. The van der Waals surface area contributed by atoms with Gasteiger partial charge in [-0.15, -0.1) is 0 Å². The molecule has 2 aromatic carbocycles. The maximum absolute atomic E-state index is 11.9. The zero-order valence-corrected chi connectivity index (χ0v) is 14.7. The lowest BCUT2D eigenvalue weighted by Gasteiger charge is -2.08. The maximum Gasteiger partial charge on any atom is 0.331 e. The van der Waals surface area contributed by atoms with E-state index in [1.165, 1.54) is 13.0 Å². The first kappa shape index (κ1) is 19.2. The van der Waals surface area contributed by atoms with Crippen LogP contribution in [0.3, 0.4) is 0 Å². The fourth-order valence-corrected chi connectivity index (χ4v) is 2.23. The van der Waals surface area contributed by atoms with Gasteiger partial charge in [0, 0.05) is 29.4 Å². The van der Waals surface area contributed by atoms with Crippen LogP contribution >= 0.6 is 11.6 Å². The molecular weight excluding hydrogens is 356 g/mol. The van der Waals surface area contributed by atoms with E-state index in [2.05, 4.69) is 10.6 Å². The highest BCUT2D eigenvalue weighted by Gasteiger charge is 2.06. The van der Waals surface area contributed by atoms with Gasteiger partial charge in [-0.2, -0.15) is 0 Å². The van der Waals surface area contributed by atoms with Crippen LogP contribution in [0.25, 0.3) is 6.08 Å². The van der Waals surface area contributed by atoms with Gasteiger partial charge in [0.25, 0.3) is 5.91 Å². The number of nitrogens with one attached hydrogen (secondary N) is 2. The Bertz CT molecular complexity index is 849. The van der Waals surface area contributed by atoms with Crippen molar-refractivity contribution in [3.05, 3.63) is 65.2 Å². The Morgan fingerprint density at radius 1 is 1.04 bits per heavy atom. The molecule has 2 rings (SSSR count). The summed E-state index contributed by atoms with van der Waals surface area (Å²) in [5, 5.41) is 5.75. The molecule has 0 atom stereocenters. The third kappa shape index (κ3) is 6.78. The third-order valence-corrected chi connectivity index (χ3v) is 3.31. The van der Waals surface area contributed by atoms with Crippen LogP contribution in [0, 0.1) is 0 Å². The normalized spacial score (nSPS) is 10.4. The van der Waals surface area contributed by atoms with Crippen molar-refractivity contribution in [1.29, 1.82) is 0 Å². The maximum atomic E-state index is 11.9. The van der Waals surface area contributed by atoms with E-state index < -0.39 is 18.5 Å². The summed E-state index contributed by atoms with van der Waals surface area (Å²) in [6.07, 6.45) is 2.76. The quantitative estimate of drug-likeness (QED) is 0.600. The number of amides is 2. The average Bonchev–Trinajstić information content (AvgIpc) is 2.58. The molecule has 26 heavy (non-hydrogen) atoms. The molecule has 0 aliphatic carbocycles. The predicted molar refractivity (Wildman–Crippen MR) is 101 cm³/mol. The number of halogens is 1. The van der Waals surface area contributed by atoms with Gasteiger partial charge in [-0.25, -0.2) is 4.79 Å². The number of hydrogen-bond acceptors (Lipinski definition) is 4. The molecule has 7 heteroatoms. The van der Waals surface area contributed by atoms with Gasteiger partial charge < -0.3 is 15.4 Å². The monoisotopic (exact) mass is 372 g/mol. The fraction of sp³-hybridized carbons (Fsp3) is 0.105. The molecule has 0 unspecified atom stereocenters. The summed E-state index contributed by atoms with van der Waals surface area (Å²) in [6, 6.07) is 13.6. The van der Waals surface area contributed by atoms with Crippen molar-refractivity contribution in [2.75, 3.05) is 17.2 Å². The van der Waals surface area contributed by atoms with Crippen LogP contribution < -0.4 is 10.6 Å². The first-order valence-corrected chi connectivity index (χ1v) is 8.08. The topological polar surface area (TPSA) is 84.5 Å². The lowest BCUT2D eigenvalue weighted by molar-refractivity contribution is -0.142. The Kier molecular flexibility index (Phi) is 6.93. The smallest absolute Gasteiger partial charge is 0.331 e. The van der Waals surface area contributed by atoms with Crippen LogP contribution in [0.4, 0.5) is 11.4 Å². The molecule has 0 heterocycles. The molecule has 2 N–H and O–H groups in total. The van der Waals surface area contributed by atoms with Gasteiger partial charge in [-0.05, 0) is 42.0 Å². The van der Waals surface area contributed by atoms with Crippen LogP contribution in [0.2, 0.25) is 5.02 Å². The Morgan fingerprint density at radius 2 is 1.73 bits per heavy atom. The van der Waals surface area contributed by atoms with Crippen molar-refractivity contribution in [3.8, 4) is 0 Å². The summed E-state index contributed by atoms with van der Waals surface area (Å²) in [7, 11) is 0. The highest BCUT2D eigenvalue weighted by atomic mass is 35.5. The van der Waals surface area contributed by atoms with Gasteiger partial charge in [0.15, 0.2) is 6.61 Å². The molecule has 0 saturated carbocycles. The number of esters is 1. The van der Waals surface area contributed by atoms with Gasteiger partial charge in [0.05, 0.1) is 0 Å². The van der Waals surface area contributed by atoms with Gasteiger partial charge in [-0.1, -0.05) is 29.8 Å². The van der Waals surface area contributed by atoms with Crippen molar-refractivity contribution >= 4 is 46.8 Å². The zero-order chi connectivity index (χ0) is 18.9. The Morgan fingerprint density at radius 3 is 2.42 bits per heavy atom. The van der Waals surface area contributed by atoms with E-state index in [4.69, 9.17) is 16.3 Å². The number of rotatable bonds is 6. The van der Waals surface area contributed by atoms with Crippen molar-refractivity contribution < 1.29 is 19.1 Å². The summed E-state index contributed by atoms with van der Waals surface area (Å²) in [4.78, 5) is 34.6. The van der Waals surface area contributed by atoms with Crippen molar-refractivity contribution in [2.24, 2.45) is 0 Å². The van der Waals surface area contributed by atoms with Crippen LogP contribution in [-0.4, -0.2) is 24.4 Å². The lowest BCUT2D eigenvalue weighted by atomic mass is 10.2. The Balaban J connectivity index is 1.83. The number of carbonyl (C=O) groups is 3. The van der Waals surface area contributed by atoms with E-state index in [0.29, 0.717) is 16.4 Å². The number of carbonyl (C=O) groups excluding carboxylic acids is 3. The van der Waals surface area contributed by atoms with Gasteiger partial charge in [0.1, 0.15) is 0 Å². The molecule has 134 valence electrons. The summed E-state index contributed by atoms with van der Waals surface area (Å²) in [5.74, 6) is -1.35. The highest BCUT2D eigenvalue weighted by Crippen LogP contribution is 2.15. The van der Waals surface area contributed by atoms with Gasteiger partial charge >= 0.3 is 5.97 Å². The molecule has 6 nitrogen and oxygen atoms in total. The first-order chi connectivity index (χ1) is 12.4. The van der Waals surface area contributed by atoms with Crippen LogP contribution in [0.5, 0.6) is 0 Å². The molecule has 0 saturated heterocycles. The molecule has 0 spiro atoms. The number of ether oxygens (including phenoxy) is 1. The van der Waals surface area contributed by atoms with Crippen LogP contribution in [0.15, 0.2) is 54.6 Å². The number of hydrogen-bond donors (Lipinski definition) is 2. The van der Waals surface area contributed by atoms with E-state index >= 15 is 0 Å². The Labute approximate surface area is 155 Å². The van der Waals surface area contributed by atoms with Crippen molar-refractivity contribution in [2.45, 2.75) is 6.92 Å². The van der Waals surface area contributed by atoms with Crippen molar-refractivity contribution in [1.82, 2.24) is 0 Å². The van der Waals surface area contributed by atoms with Gasteiger partial charge in [0.2, 0.25) is 5.91 Å². The molecule has 0 fully saturated rings. The average molecular weight is 373 g/mol. The first-order valence-electron chi connectivity index (χ1n) is 7.70. The summed E-state index contributed by atoms with van der Waals surface area (Å²) >= 11 is 5.85. The predicted octanol–water partition coefficient (Wildman–Crippen LogP) is 3.49. The standard InChI is InChI=1S/C19H17ClN2O4/c1-13(23)21-16-6-3-7-17(11-16)22-18(24)12-26-19(25)9-8-14-4-2-5-15(20)10-14/h2-11H,12H2,1H3,(H,21,23)(H,22,24)/b9-8+. The molecule has 0 aliphatic rings. The van der Waals surface area contributed by atoms with Gasteiger partial charge in [-0.3, -0.25) is 9.59 Å². The SMILES string of the molecule is CC(=O)Nc1cccc(NC(=O)COC(=O)/C=C/c2cccc(Cl)c2)c1. The van der Waals surface area contributed by atoms with E-state index in [1.807, 2.05) is 0 Å². The number of benzene rings is 2. The second-order valence-electron chi connectivity index (χ2n) is 5.31. The second kappa shape index (κ2) is 9.39. The molecule has 0 aliphatic heterocycles. The van der Waals surface area contributed by atoms with E-state index in [-0.39, 0.29) is 5.91 Å². The van der Waals surface area contributed by atoms with E-state index in [0.717, 1.165) is 5.56 Å². The molecule has 0 radical (unpaired) electrons. The van der Waals surface area contributed by atoms with Crippen molar-refractivity contribution in [3.63, 3.8) is 0 Å². The molecule has 0 aromatic heterocycles. The molecule has 2 amide bonds. The van der Waals surface area contributed by atoms with E-state index in [9.17, 15) is 14.4 Å². The molecule has 2 aromatic rings. The van der Waals surface area contributed by atoms with E-state index in [1.54, 1.807) is 54.6 Å². The Hall–Kier alpha value is -3.12. The lowest BCUT2D eigenvalue weighted by Crippen LogP contribution is -2.20. The molecular formula is C19H17ClN2O4. The molecule has 0 bridgehead atoms. The fourth-order valence-electron chi connectivity index (χ4n) is 2.03. The largest absolute Gasteiger partial charge is 0.452 e. The van der Waals surface area contributed by atoms with Crippen LogP contribution in [-0.2, 0) is 19.1 Å². The van der Waals surface area contributed by atoms with Crippen LogP contribution in [0.1, 0.15) is 12.5 Å². The highest BCUT2D eigenvalue weighted by molar-refractivity contribution is 6.30. The minimum Gasteiger partial charge on any atom is -0.452 e. The summed E-state index contributed by atoms with van der Waals surface area (Å²) < 4.78 is 4.88. The number of anilines is 2. The zero-order valence-electron chi connectivity index (χ0n) is 14.0. The summed E-state index contributed by atoms with van der Waals surface area (Å²) in [5.41, 5.74) is 1.78. The third-order valence-electron chi connectivity index (χ3n) is 3.07. The minimum atomic E-state index is -0.646. The second-order valence-corrected chi connectivity index (χ2v) is 5.74.